The standard InChI is InChI=1S/C20H23F2N3O/c1-24-9-11-25(12-10-24)19(15-5-7-17(21)8-6-15)14-23-20(26)16-3-2-4-18(22)13-16/h2-8,13,19H,9-12,14H2,1H3,(H,23,26)/t19-/m1/s1. The zero-order valence-electron chi connectivity index (χ0n) is 14.8. The second-order valence-electron chi connectivity index (χ2n) is 6.63. The van der Waals surface area contributed by atoms with Crippen molar-refractivity contribution >= 4 is 5.91 Å². The van der Waals surface area contributed by atoms with E-state index in [0.717, 1.165) is 31.7 Å². The molecule has 1 heterocycles. The zero-order chi connectivity index (χ0) is 18.5. The molecule has 1 atom stereocenters. The molecule has 1 aliphatic rings. The summed E-state index contributed by atoms with van der Waals surface area (Å²) in [7, 11) is 2.08. The minimum atomic E-state index is -0.438. The number of hydrogen-bond donors (Lipinski definition) is 1. The molecule has 26 heavy (non-hydrogen) atoms. The highest BCUT2D eigenvalue weighted by Crippen LogP contribution is 2.22. The molecule has 138 valence electrons. The van der Waals surface area contributed by atoms with Crippen molar-refractivity contribution in [3.63, 3.8) is 0 Å². The van der Waals surface area contributed by atoms with Crippen molar-refractivity contribution in [3.05, 3.63) is 71.3 Å². The van der Waals surface area contributed by atoms with Crippen molar-refractivity contribution in [1.82, 2.24) is 15.1 Å². The molecule has 1 saturated heterocycles. The average Bonchev–Trinajstić information content (AvgIpc) is 2.64. The lowest BCUT2D eigenvalue weighted by Crippen LogP contribution is -2.48. The predicted octanol–water partition coefficient (Wildman–Crippen LogP) is 2.68. The van der Waals surface area contributed by atoms with Crippen LogP contribution < -0.4 is 5.32 Å². The highest BCUT2D eigenvalue weighted by molar-refractivity contribution is 5.94. The van der Waals surface area contributed by atoms with Gasteiger partial charge < -0.3 is 10.2 Å². The first-order valence-electron chi connectivity index (χ1n) is 8.75. The number of benzene rings is 2. The first-order valence-corrected chi connectivity index (χ1v) is 8.75. The minimum Gasteiger partial charge on any atom is -0.350 e. The summed E-state index contributed by atoms with van der Waals surface area (Å²) in [6.07, 6.45) is 0. The van der Waals surface area contributed by atoms with Gasteiger partial charge in [0.15, 0.2) is 0 Å². The topological polar surface area (TPSA) is 35.6 Å². The molecule has 6 heteroatoms. The Kier molecular flexibility index (Phi) is 5.96. The van der Waals surface area contributed by atoms with Gasteiger partial charge in [-0.3, -0.25) is 9.69 Å². The molecule has 0 saturated carbocycles. The van der Waals surface area contributed by atoms with Crippen molar-refractivity contribution in [2.45, 2.75) is 6.04 Å². The number of likely N-dealkylation sites (N-methyl/N-ethyl adjacent to an activating group) is 1. The maximum atomic E-state index is 13.3. The van der Waals surface area contributed by atoms with Crippen molar-refractivity contribution in [2.24, 2.45) is 0 Å². The molecule has 1 amide bonds. The summed E-state index contributed by atoms with van der Waals surface area (Å²) in [6, 6.07) is 12.0. The molecule has 0 spiro atoms. The van der Waals surface area contributed by atoms with Crippen LogP contribution >= 0.6 is 0 Å². The summed E-state index contributed by atoms with van der Waals surface area (Å²) in [6.45, 7) is 4.00. The molecular weight excluding hydrogens is 336 g/mol. The van der Waals surface area contributed by atoms with E-state index in [2.05, 4.69) is 22.2 Å². The third-order valence-corrected chi connectivity index (χ3v) is 4.78. The van der Waals surface area contributed by atoms with Crippen LogP contribution in [0.4, 0.5) is 8.78 Å². The Morgan fingerprint density at radius 1 is 1.04 bits per heavy atom. The van der Waals surface area contributed by atoms with E-state index in [0.29, 0.717) is 12.1 Å². The first-order chi connectivity index (χ1) is 12.5. The fraction of sp³-hybridized carbons (Fsp3) is 0.350. The van der Waals surface area contributed by atoms with Gasteiger partial charge in [-0.2, -0.15) is 0 Å². The smallest absolute Gasteiger partial charge is 0.251 e. The van der Waals surface area contributed by atoms with Gasteiger partial charge in [-0.15, -0.1) is 0 Å². The number of nitrogens with one attached hydrogen (secondary N) is 1. The second-order valence-corrected chi connectivity index (χ2v) is 6.63. The minimum absolute atomic E-state index is 0.0539. The van der Waals surface area contributed by atoms with Crippen molar-refractivity contribution in [2.75, 3.05) is 39.8 Å². The van der Waals surface area contributed by atoms with Gasteiger partial charge in [-0.1, -0.05) is 18.2 Å². The summed E-state index contributed by atoms with van der Waals surface area (Å²) in [4.78, 5) is 16.9. The number of nitrogens with zero attached hydrogens (tertiary/aromatic N) is 2. The third kappa shape index (κ3) is 4.65. The largest absolute Gasteiger partial charge is 0.350 e. The van der Waals surface area contributed by atoms with Crippen LogP contribution in [0.25, 0.3) is 0 Å². The number of amides is 1. The highest BCUT2D eigenvalue weighted by atomic mass is 19.1. The fourth-order valence-corrected chi connectivity index (χ4v) is 3.20. The Labute approximate surface area is 152 Å². The van der Waals surface area contributed by atoms with Crippen LogP contribution in [0.2, 0.25) is 0 Å². The fourth-order valence-electron chi connectivity index (χ4n) is 3.20. The van der Waals surface area contributed by atoms with Crippen LogP contribution in [-0.2, 0) is 0 Å². The van der Waals surface area contributed by atoms with Crippen LogP contribution in [0.15, 0.2) is 48.5 Å². The molecule has 1 N–H and O–H groups in total. The van der Waals surface area contributed by atoms with E-state index in [1.54, 1.807) is 18.2 Å². The number of piperazine rings is 1. The number of halogens is 2. The Bertz CT molecular complexity index is 743. The van der Waals surface area contributed by atoms with Crippen LogP contribution in [0.5, 0.6) is 0 Å². The molecule has 0 aromatic heterocycles. The van der Waals surface area contributed by atoms with Gasteiger partial charge in [-0.05, 0) is 42.9 Å². The molecule has 3 rings (SSSR count). The summed E-state index contributed by atoms with van der Waals surface area (Å²) in [5.74, 6) is -1.03. The van der Waals surface area contributed by atoms with Crippen LogP contribution in [0.3, 0.4) is 0 Å². The molecule has 0 radical (unpaired) electrons. The van der Waals surface area contributed by atoms with Gasteiger partial charge >= 0.3 is 0 Å². The molecule has 2 aromatic rings. The van der Waals surface area contributed by atoms with E-state index >= 15 is 0 Å². The molecule has 2 aromatic carbocycles. The predicted molar refractivity (Wildman–Crippen MR) is 96.9 cm³/mol. The second kappa shape index (κ2) is 8.38. The van der Waals surface area contributed by atoms with Crippen LogP contribution in [-0.4, -0.2) is 55.5 Å². The van der Waals surface area contributed by atoms with E-state index in [1.165, 1.54) is 30.3 Å². The highest BCUT2D eigenvalue weighted by Gasteiger charge is 2.24. The van der Waals surface area contributed by atoms with Crippen molar-refractivity contribution < 1.29 is 13.6 Å². The molecule has 0 aliphatic carbocycles. The van der Waals surface area contributed by atoms with E-state index in [9.17, 15) is 13.6 Å². The van der Waals surface area contributed by atoms with Gasteiger partial charge in [-0.25, -0.2) is 8.78 Å². The Morgan fingerprint density at radius 3 is 2.38 bits per heavy atom. The summed E-state index contributed by atoms with van der Waals surface area (Å²) >= 11 is 0. The summed E-state index contributed by atoms with van der Waals surface area (Å²) in [5, 5.41) is 2.89. The number of carbonyl (C=O) groups excluding carboxylic acids is 1. The number of hydrogen-bond acceptors (Lipinski definition) is 3. The molecule has 1 aliphatic heterocycles. The Balaban J connectivity index is 1.73. The lowest BCUT2D eigenvalue weighted by molar-refractivity contribution is 0.0885. The zero-order valence-corrected chi connectivity index (χ0v) is 14.8. The van der Waals surface area contributed by atoms with Gasteiger partial charge in [0.2, 0.25) is 0 Å². The van der Waals surface area contributed by atoms with Crippen molar-refractivity contribution in [1.29, 1.82) is 0 Å². The lowest BCUT2D eigenvalue weighted by Gasteiger charge is -2.38. The van der Waals surface area contributed by atoms with Crippen molar-refractivity contribution in [3.8, 4) is 0 Å². The van der Waals surface area contributed by atoms with E-state index in [1.807, 2.05) is 0 Å². The van der Waals surface area contributed by atoms with Gasteiger partial charge in [0.1, 0.15) is 11.6 Å². The summed E-state index contributed by atoms with van der Waals surface area (Å²) in [5.41, 5.74) is 1.25. The summed E-state index contributed by atoms with van der Waals surface area (Å²) < 4.78 is 26.6. The van der Waals surface area contributed by atoms with Gasteiger partial charge in [0.25, 0.3) is 5.91 Å². The number of carbonyl (C=O) groups is 1. The van der Waals surface area contributed by atoms with E-state index < -0.39 is 5.82 Å². The molecule has 0 bridgehead atoms. The average molecular weight is 359 g/mol. The molecule has 4 nitrogen and oxygen atoms in total. The Hall–Kier alpha value is -2.31. The van der Waals surface area contributed by atoms with Crippen LogP contribution in [0, 0.1) is 11.6 Å². The quantitative estimate of drug-likeness (QED) is 0.892. The van der Waals surface area contributed by atoms with E-state index in [-0.39, 0.29) is 17.8 Å². The Morgan fingerprint density at radius 2 is 1.73 bits per heavy atom. The van der Waals surface area contributed by atoms with E-state index in [4.69, 9.17) is 0 Å². The van der Waals surface area contributed by atoms with Gasteiger partial charge in [0, 0.05) is 38.3 Å². The van der Waals surface area contributed by atoms with Crippen LogP contribution in [0.1, 0.15) is 22.0 Å². The third-order valence-electron chi connectivity index (χ3n) is 4.78. The molecule has 0 unspecified atom stereocenters. The monoisotopic (exact) mass is 359 g/mol. The number of rotatable bonds is 5. The SMILES string of the molecule is CN1CCN([C@H](CNC(=O)c2cccc(F)c2)c2ccc(F)cc2)CC1. The lowest BCUT2D eigenvalue weighted by atomic mass is 10.0. The maximum absolute atomic E-state index is 13.3. The van der Waals surface area contributed by atoms with Gasteiger partial charge in [0.05, 0.1) is 6.04 Å². The maximum Gasteiger partial charge on any atom is 0.251 e. The first kappa shape index (κ1) is 18.5. The molecular formula is C20H23F2N3O. The molecule has 1 fully saturated rings. The normalized spacial score (nSPS) is 17.0.